The molecule has 1 heterocycles. The molecule has 0 aromatic heterocycles. The minimum absolute atomic E-state index is 0. The molecule has 3 nitrogen and oxygen atoms in total. The van der Waals surface area contributed by atoms with Crippen LogP contribution in [0.25, 0.3) is 0 Å². The summed E-state index contributed by atoms with van der Waals surface area (Å²) in [6.07, 6.45) is -1.99. The van der Waals surface area contributed by atoms with Crippen LogP contribution in [-0.4, -0.2) is 31.2 Å². The molecule has 7 heteroatoms. The molecule has 3 unspecified atom stereocenters. The molecule has 2 N–H and O–H groups in total. The third-order valence-corrected chi connectivity index (χ3v) is 4.39. The molecule has 2 aliphatic rings. The summed E-state index contributed by atoms with van der Waals surface area (Å²) < 4.78 is 38.1. The van der Waals surface area contributed by atoms with E-state index in [1.807, 2.05) is 6.92 Å². The van der Waals surface area contributed by atoms with E-state index in [0.717, 1.165) is 13.0 Å². The maximum atomic E-state index is 12.7. The van der Waals surface area contributed by atoms with Crippen LogP contribution in [0.1, 0.15) is 39.0 Å². The summed E-state index contributed by atoms with van der Waals surface area (Å²) in [5.74, 6) is -1.37. The Hall–Kier alpha value is -0.490. The van der Waals surface area contributed by atoms with Crippen LogP contribution in [0.2, 0.25) is 0 Å². The number of nitrogens with one attached hydrogen (secondary N) is 2. The van der Waals surface area contributed by atoms with Crippen LogP contribution in [0, 0.1) is 11.3 Å². The second-order valence-corrected chi connectivity index (χ2v) is 6.06. The minimum atomic E-state index is -4.14. The van der Waals surface area contributed by atoms with Crippen molar-refractivity contribution >= 4 is 18.3 Å². The van der Waals surface area contributed by atoms with Crippen molar-refractivity contribution in [3.05, 3.63) is 0 Å². The molecule has 0 aromatic rings. The fourth-order valence-corrected chi connectivity index (χ4v) is 2.99. The lowest BCUT2D eigenvalue weighted by molar-refractivity contribution is -0.184. The van der Waals surface area contributed by atoms with Gasteiger partial charge in [0.25, 0.3) is 0 Å². The van der Waals surface area contributed by atoms with E-state index in [4.69, 9.17) is 0 Å². The van der Waals surface area contributed by atoms with Gasteiger partial charge in [-0.05, 0) is 39.2 Å². The molecule has 20 heavy (non-hydrogen) atoms. The van der Waals surface area contributed by atoms with Crippen LogP contribution in [-0.2, 0) is 4.79 Å². The van der Waals surface area contributed by atoms with E-state index in [2.05, 4.69) is 10.6 Å². The number of hydrogen-bond acceptors (Lipinski definition) is 2. The molecular formula is C13H22ClF3N2O. The van der Waals surface area contributed by atoms with Gasteiger partial charge in [-0.3, -0.25) is 4.79 Å². The maximum Gasteiger partial charge on any atom is 0.391 e. The highest BCUT2D eigenvalue weighted by molar-refractivity contribution is 5.85. The zero-order valence-electron chi connectivity index (χ0n) is 11.6. The molecule has 2 rings (SSSR count). The van der Waals surface area contributed by atoms with Crippen LogP contribution in [0.4, 0.5) is 13.2 Å². The molecular weight excluding hydrogens is 293 g/mol. The Kier molecular flexibility index (Phi) is 5.72. The second kappa shape index (κ2) is 6.52. The summed E-state index contributed by atoms with van der Waals surface area (Å²) in [5.41, 5.74) is -0.467. The summed E-state index contributed by atoms with van der Waals surface area (Å²) in [6, 6.07) is -0.328. The fraction of sp³-hybridized carbons (Fsp3) is 0.923. The number of carbonyl (C=O) groups is 1. The molecule has 0 spiro atoms. The van der Waals surface area contributed by atoms with Crippen LogP contribution in [0.5, 0.6) is 0 Å². The van der Waals surface area contributed by atoms with Gasteiger partial charge in [0.15, 0.2) is 0 Å². The van der Waals surface area contributed by atoms with Crippen molar-refractivity contribution in [2.45, 2.75) is 51.2 Å². The first-order valence-electron chi connectivity index (χ1n) is 6.90. The van der Waals surface area contributed by atoms with Crippen molar-refractivity contribution in [1.82, 2.24) is 10.6 Å². The van der Waals surface area contributed by atoms with Gasteiger partial charge >= 0.3 is 6.18 Å². The molecule has 1 saturated heterocycles. The molecule has 3 atom stereocenters. The van der Waals surface area contributed by atoms with Gasteiger partial charge < -0.3 is 10.6 Å². The first-order valence-corrected chi connectivity index (χ1v) is 6.90. The van der Waals surface area contributed by atoms with Crippen molar-refractivity contribution in [2.75, 3.05) is 13.1 Å². The van der Waals surface area contributed by atoms with Crippen LogP contribution in [0.3, 0.4) is 0 Å². The lowest BCUT2D eigenvalue weighted by Gasteiger charge is -2.33. The Balaban J connectivity index is 0.00000200. The maximum absolute atomic E-state index is 12.7. The van der Waals surface area contributed by atoms with E-state index in [-0.39, 0.29) is 37.2 Å². The minimum Gasteiger partial charge on any atom is -0.353 e. The molecule has 1 aliphatic heterocycles. The Morgan fingerprint density at radius 1 is 1.35 bits per heavy atom. The van der Waals surface area contributed by atoms with Crippen molar-refractivity contribution in [1.29, 1.82) is 0 Å². The normalized spacial score (nSPS) is 34.4. The Morgan fingerprint density at radius 3 is 2.60 bits per heavy atom. The average Bonchev–Trinajstić information content (AvgIpc) is 2.77. The summed E-state index contributed by atoms with van der Waals surface area (Å²) in [7, 11) is 0. The smallest absolute Gasteiger partial charge is 0.353 e. The highest BCUT2D eigenvalue weighted by Gasteiger charge is 2.43. The van der Waals surface area contributed by atoms with E-state index in [1.165, 1.54) is 0 Å². The molecule has 1 amide bonds. The number of alkyl halides is 3. The fourth-order valence-electron chi connectivity index (χ4n) is 2.99. The van der Waals surface area contributed by atoms with Crippen molar-refractivity contribution in [2.24, 2.45) is 11.3 Å². The molecule has 118 valence electrons. The third-order valence-electron chi connectivity index (χ3n) is 4.39. The zero-order valence-corrected chi connectivity index (χ0v) is 12.4. The molecule has 1 saturated carbocycles. The first kappa shape index (κ1) is 17.6. The van der Waals surface area contributed by atoms with Gasteiger partial charge in [-0.15, -0.1) is 12.4 Å². The average molecular weight is 315 g/mol. The topological polar surface area (TPSA) is 41.1 Å². The largest absolute Gasteiger partial charge is 0.391 e. The Labute approximate surface area is 123 Å². The van der Waals surface area contributed by atoms with Gasteiger partial charge in [0, 0.05) is 12.6 Å². The van der Waals surface area contributed by atoms with Crippen LogP contribution < -0.4 is 10.6 Å². The summed E-state index contributed by atoms with van der Waals surface area (Å²) in [4.78, 5) is 12.2. The molecule has 2 fully saturated rings. The standard InChI is InChI=1S/C13H21F3N2O.ClH/c1-12(5-6-17-8-12)11(19)18-10-4-2-3-9(7-10)13(14,15)16;/h9-10,17H,2-8H2,1H3,(H,18,19);1H. The Morgan fingerprint density at radius 2 is 2.05 bits per heavy atom. The monoisotopic (exact) mass is 314 g/mol. The van der Waals surface area contributed by atoms with E-state index >= 15 is 0 Å². The quantitative estimate of drug-likeness (QED) is 0.822. The summed E-state index contributed by atoms with van der Waals surface area (Å²) in [5, 5.41) is 5.95. The van der Waals surface area contributed by atoms with Crippen molar-refractivity contribution in [3.8, 4) is 0 Å². The van der Waals surface area contributed by atoms with E-state index in [1.54, 1.807) is 0 Å². The molecule has 0 aromatic carbocycles. The summed E-state index contributed by atoms with van der Waals surface area (Å²) >= 11 is 0. The Bertz CT molecular complexity index is 343. The van der Waals surface area contributed by atoms with Gasteiger partial charge in [-0.25, -0.2) is 0 Å². The van der Waals surface area contributed by atoms with Gasteiger partial charge in [-0.2, -0.15) is 13.2 Å². The lowest BCUT2D eigenvalue weighted by Crippen LogP contribution is -2.47. The van der Waals surface area contributed by atoms with Crippen molar-refractivity contribution in [3.63, 3.8) is 0 Å². The highest BCUT2D eigenvalue weighted by atomic mass is 35.5. The van der Waals surface area contributed by atoms with Gasteiger partial charge in [-0.1, -0.05) is 6.42 Å². The second-order valence-electron chi connectivity index (χ2n) is 6.06. The van der Waals surface area contributed by atoms with Crippen molar-refractivity contribution < 1.29 is 18.0 Å². The number of hydrogen-bond donors (Lipinski definition) is 2. The predicted octanol–water partition coefficient (Wildman–Crippen LogP) is 2.65. The number of amides is 1. The van der Waals surface area contributed by atoms with E-state index in [9.17, 15) is 18.0 Å². The number of rotatable bonds is 2. The van der Waals surface area contributed by atoms with Gasteiger partial charge in [0.05, 0.1) is 11.3 Å². The SMILES string of the molecule is CC1(C(=O)NC2CCCC(C(F)(F)F)C2)CCNC1.Cl. The third kappa shape index (κ3) is 4.01. The predicted molar refractivity (Wildman–Crippen MR) is 72.8 cm³/mol. The van der Waals surface area contributed by atoms with Gasteiger partial charge in [0.1, 0.15) is 0 Å². The lowest BCUT2D eigenvalue weighted by atomic mass is 9.83. The molecule has 1 aliphatic carbocycles. The molecule has 0 bridgehead atoms. The number of carbonyl (C=O) groups excluding carboxylic acids is 1. The van der Waals surface area contributed by atoms with Gasteiger partial charge in [0.2, 0.25) is 5.91 Å². The van der Waals surface area contributed by atoms with Crippen LogP contribution >= 0.6 is 12.4 Å². The number of halogens is 4. The zero-order chi connectivity index (χ0) is 14.1. The summed E-state index contributed by atoms with van der Waals surface area (Å²) in [6.45, 7) is 3.26. The first-order chi connectivity index (χ1) is 8.81. The highest BCUT2D eigenvalue weighted by Crippen LogP contribution is 2.38. The molecule has 0 radical (unpaired) electrons. The van der Waals surface area contributed by atoms with E-state index in [0.29, 0.717) is 19.4 Å². The van der Waals surface area contributed by atoms with E-state index < -0.39 is 17.5 Å². The van der Waals surface area contributed by atoms with Crippen LogP contribution in [0.15, 0.2) is 0 Å².